The van der Waals surface area contributed by atoms with Crippen LogP contribution in [0.2, 0.25) is 0 Å². The Morgan fingerprint density at radius 3 is 1.86 bits per heavy atom. The number of alkyl halides is 2. The van der Waals surface area contributed by atoms with Gasteiger partial charge in [0, 0.05) is 24.1 Å². The topological polar surface area (TPSA) is 33.0 Å². The summed E-state index contributed by atoms with van der Waals surface area (Å²) in [6.45, 7) is 1.98. The SMILES string of the molecule is CCCCCC(F)=C(F)c1ccc(C2CCC(c3cc(F)c(C(F)(F)Oc4cc(F)c(C#N)c(F)c4)c(F)c3)CC2)cc1. The minimum atomic E-state index is -4.61. The summed E-state index contributed by atoms with van der Waals surface area (Å²) in [5, 5.41) is 8.71. The number of hydrogen-bond donors (Lipinski definition) is 0. The number of rotatable bonds is 10. The van der Waals surface area contributed by atoms with Crippen LogP contribution in [0.25, 0.3) is 5.83 Å². The number of nitriles is 1. The molecule has 10 heteroatoms. The van der Waals surface area contributed by atoms with E-state index in [4.69, 9.17) is 5.26 Å². The molecule has 0 bridgehead atoms. The molecule has 1 saturated carbocycles. The summed E-state index contributed by atoms with van der Waals surface area (Å²) in [5.74, 6) is -9.02. The van der Waals surface area contributed by atoms with Crippen molar-refractivity contribution in [3.05, 3.63) is 105 Å². The number of halogens is 8. The van der Waals surface area contributed by atoms with Crippen molar-refractivity contribution >= 4 is 5.83 Å². The number of unbranched alkanes of at least 4 members (excludes halogenated alkanes) is 2. The van der Waals surface area contributed by atoms with Crippen LogP contribution in [0.5, 0.6) is 5.75 Å². The van der Waals surface area contributed by atoms with Gasteiger partial charge in [-0.15, -0.1) is 0 Å². The second-order valence-electron chi connectivity index (χ2n) is 10.7. The number of benzene rings is 3. The standard InChI is InChI=1S/C33H29F8NO/c1-2-3-4-5-26(34)32(39)22-12-10-20(11-13-22)19-6-8-21(9-7-19)23-14-29(37)31(30(38)15-23)33(40,41)43-24-16-27(35)25(18-42)28(36)17-24/h10-17,19,21H,2-9H2,1H3. The number of ether oxygens (including phenoxy) is 1. The first-order valence-electron chi connectivity index (χ1n) is 14.0. The van der Waals surface area contributed by atoms with Crippen LogP contribution in [-0.2, 0) is 6.11 Å². The van der Waals surface area contributed by atoms with Crippen molar-refractivity contribution in [2.24, 2.45) is 0 Å². The second kappa shape index (κ2) is 13.6. The third-order valence-corrected chi connectivity index (χ3v) is 7.80. The van der Waals surface area contributed by atoms with Crippen LogP contribution >= 0.6 is 0 Å². The first-order chi connectivity index (χ1) is 20.4. The van der Waals surface area contributed by atoms with Crippen LogP contribution in [0.4, 0.5) is 35.1 Å². The van der Waals surface area contributed by atoms with E-state index >= 15 is 0 Å². The highest BCUT2D eigenvalue weighted by atomic mass is 19.3. The van der Waals surface area contributed by atoms with Gasteiger partial charge in [-0.1, -0.05) is 44.0 Å². The Balaban J connectivity index is 1.42. The number of nitrogens with zero attached hydrogens (tertiary/aromatic N) is 1. The molecule has 228 valence electrons. The van der Waals surface area contributed by atoms with Gasteiger partial charge in [0.1, 0.15) is 52.0 Å². The van der Waals surface area contributed by atoms with Crippen molar-refractivity contribution in [1.29, 1.82) is 5.26 Å². The summed E-state index contributed by atoms with van der Waals surface area (Å²) in [6.07, 6.45) is -0.0294. The highest BCUT2D eigenvalue weighted by molar-refractivity contribution is 5.61. The molecule has 1 aliphatic carbocycles. The van der Waals surface area contributed by atoms with Gasteiger partial charge in [0.15, 0.2) is 5.83 Å². The predicted molar refractivity (Wildman–Crippen MR) is 146 cm³/mol. The lowest BCUT2D eigenvalue weighted by molar-refractivity contribution is -0.189. The fourth-order valence-corrected chi connectivity index (χ4v) is 5.48. The summed E-state index contributed by atoms with van der Waals surface area (Å²) in [5.41, 5.74) is -1.46. The smallest absolute Gasteiger partial charge is 0.429 e. The molecule has 0 aromatic heterocycles. The average molecular weight is 608 g/mol. The van der Waals surface area contributed by atoms with Crippen LogP contribution in [0.1, 0.15) is 97.9 Å². The molecule has 4 rings (SSSR count). The Bertz CT molecular complexity index is 1470. The summed E-state index contributed by atoms with van der Waals surface area (Å²) >= 11 is 0. The fraction of sp³-hybridized carbons (Fsp3) is 0.364. The zero-order valence-electron chi connectivity index (χ0n) is 23.3. The predicted octanol–water partition coefficient (Wildman–Crippen LogP) is 10.9. The first kappa shape index (κ1) is 32.1. The molecule has 0 aliphatic heterocycles. The minimum absolute atomic E-state index is 0.0510. The maximum atomic E-state index is 14.9. The van der Waals surface area contributed by atoms with Crippen molar-refractivity contribution in [1.82, 2.24) is 0 Å². The molecule has 1 aliphatic rings. The molecule has 0 amide bonds. The molecule has 0 unspecified atom stereocenters. The van der Waals surface area contributed by atoms with E-state index < -0.39 is 57.9 Å². The third-order valence-electron chi connectivity index (χ3n) is 7.80. The van der Waals surface area contributed by atoms with Crippen LogP contribution < -0.4 is 4.74 Å². The number of hydrogen-bond acceptors (Lipinski definition) is 2. The van der Waals surface area contributed by atoms with E-state index in [9.17, 15) is 35.1 Å². The monoisotopic (exact) mass is 607 g/mol. The van der Waals surface area contributed by atoms with Gasteiger partial charge in [-0.3, -0.25) is 0 Å². The van der Waals surface area contributed by atoms with Crippen molar-refractivity contribution in [3.63, 3.8) is 0 Å². The third kappa shape index (κ3) is 7.38. The van der Waals surface area contributed by atoms with E-state index in [1.165, 1.54) is 18.2 Å². The van der Waals surface area contributed by atoms with Gasteiger partial charge in [0.05, 0.1) is 0 Å². The molecule has 0 atom stereocenters. The zero-order chi connectivity index (χ0) is 31.3. The normalized spacial score (nSPS) is 17.8. The van der Waals surface area contributed by atoms with Gasteiger partial charge in [-0.25, -0.2) is 26.3 Å². The van der Waals surface area contributed by atoms with E-state index in [1.807, 2.05) is 6.92 Å². The minimum Gasteiger partial charge on any atom is -0.429 e. The lowest BCUT2D eigenvalue weighted by Crippen LogP contribution is -2.26. The summed E-state index contributed by atoms with van der Waals surface area (Å²) in [7, 11) is 0. The van der Waals surface area contributed by atoms with Crippen molar-refractivity contribution < 1.29 is 39.9 Å². The molecule has 0 N–H and O–H groups in total. The maximum Gasteiger partial charge on any atom is 0.432 e. The summed E-state index contributed by atoms with van der Waals surface area (Å²) < 4.78 is 120. The van der Waals surface area contributed by atoms with Crippen molar-refractivity contribution in [3.8, 4) is 11.8 Å². The number of allylic oxidation sites excluding steroid dienone is 1. The largest absolute Gasteiger partial charge is 0.432 e. The second-order valence-corrected chi connectivity index (χ2v) is 10.7. The Morgan fingerprint density at radius 1 is 0.814 bits per heavy atom. The van der Waals surface area contributed by atoms with Gasteiger partial charge in [-0.05, 0) is 67.2 Å². The van der Waals surface area contributed by atoms with Crippen LogP contribution in [0.3, 0.4) is 0 Å². The molecule has 2 nitrogen and oxygen atoms in total. The van der Waals surface area contributed by atoms with E-state index in [0.717, 1.165) is 30.5 Å². The quantitative estimate of drug-likeness (QED) is 0.170. The van der Waals surface area contributed by atoms with Gasteiger partial charge in [-0.2, -0.15) is 14.0 Å². The van der Waals surface area contributed by atoms with Crippen LogP contribution in [-0.4, -0.2) is 0 Å². The molecule has 3 aromatic carbocycles. The van der Waals surface area contributed by atoms with E-state index in [0.29, 0.717) is 44.2 Å². The Kier molecular flexibility index (Phi) is 10.2. The Hall–Kier alpha value is -3.87. The van der Waals surface area contributed by atoms with Gasteiger partial charge < -0.3 is 4.74 Å². The molecular weight excluding hydrogens is 578 g/mol. The molecule has 3 aromatic rings. The van der Waals surface area contributed by atoms with E-state index in [1.54, 1.807) is 12.1 Å². The fourth-order valence-electron chi connectivity index (χ4n) is 5.48. The zero-order valence-corrected chi connectivity index (χ0v) is 23.3. The molecule has 0 radical (unpaired) electrons. The average Bonchev–Trinajstić information content (AvgIpc) is 2.96. The van der Waals surface area contributed by atoms with Crippen molar-refractivity contribution in [2.75, 3.05) is 0 Å². The van der Waals surface area contributed by atoms with Gasteiger partial charge in [0.2, 0.25) is 0 Å². The highest BCUT2D eigenvalue weighted by Gasteiger charge is 2.42. The van der Waals surface area contributed by atoms with Gasteiger partial charge >= 0.3 is 6.11 Å². The van der Waals surface area contributed by atoms with Crippen LogP contribution in [0.15, 0.2) is 54.4 Å². The molecule has 43 heavy (non-hydrogen) atoms. The lowest BCUT2D eigenvalue weighted by Gasteiger charge is -2.29. The Labute approximate surface area is 244 Å². The van der Waals surface area contributed by atoms with E-state index in [-0.39, 0.29) is 29.4 Å². The van der Waals surface area contributed by atoms with Crippen LogP contribution in [0, 0.1) is 34.6 Å². The first-order valence-corrected chi connectivity index (χ1v) is 14.0. The maximum absolute atomic E-state index is 14.9. The molecule has 0 spiro atoms. The van der Waals surface area contributed by atoms with Gasteiger partial charge in [0.25, 0.3) is 0 Å². The Morgan fingerprint density at radius 2 is 1.35 bits per heavy atom. The van der Waals surface area contributed by atoms with E-state index in [2.05, 4.69) is 4.74 Å². The molecule has 1 fully saturated rings. The van der Waals surface area contributed by atoms with Crippen molar-refractivity contribution in [2.45, 2.75) is 76.2 Å². The molecular formula is C33H29F8NO. The molecule has 0 saturated heterocycles. The lowest BCUT2D eigenvalue weighted by atomic mass is 9.76. The summed E-state index contributed by atoms with van der Waals surface area (Å²) in [6, 6.07) is 10.0. The summed E-state index contributed by atoms with van der Waals surface area (Å²) in [4.78, 5) is 0. The highest BCUT2D eigenvalue weighted by Crippen LogP contribution is 2.43. The molecule has 0 heterocycles.